The Morgan fingerprint density at radius 3 is 2.71 bits per heavy atom. The number of hydrogen-bond donors (Lipinski definition) is 1. The van der Waals surface area contributed by atoms with E-state index in [0.717, 1.165) is 41.7 Å². The highest BCUT2D eigenvalue weighted by atomic mass is 16.2. The molecule has 1 fully saturated rings. The minimum absolute atomic E-state index is 0.141. The van der Waals surface area contributed by atoms with E-state index in [1.807, 2.05) is 17.9 Å². The van der Waals surface area contributed by atoms with Crippen LogP contribution in [-0.4, -0.2) is 28.9 Å². The first-order chi connectivity index (χ1) is 8.16. The van der Waals surface area contributed by atoms with Crippen LogP contribution in [0.2, 0.25) is 0 Å². The van der Waals surface area contributed by atoms with Gasteiger partial charge in [-0.1, -0.05) is 11.6 Å². The van der Waals surface area contributed by atoms with Gasteiger partial charge < -0.3 is 9.88 Å². The van der Waals surface area contributed by atoms with E-state index in [9.17, 15) is 4.79 Å². The molecular weight excluding hydrogens is 212 g/mol. The normalized spacial score (nSPS) is 15.1. The molecule has 88 valence electrons. The number of aryl methyl sites for hydroxylation is 2. The second kappa shape index (κ2) is 3.62. The number of nitrogens with one attached hydrogen (secondary N) is 1. The minimum atomic E-state index is 0.141. The molecule has 3 rings (SSSR count). The highest BCUT2D eigenvalue weighted by Gasteiger charge is 2.24. The smallest absolute Gasteiger partial charge is 0.270 e. The van der Waals surface area contributed by atoms with Gasteiger partial charge in [-0.3, -0.25) is 4.79 Å². The number of benzene rings is 1. The SMILES string of the molecule is Cc1ccc2[nH]c(C(=O)N3CCC3)c(C)c2c1. The molecule has 1 N–H and O–H groups in total. The summed E-state index contributed by atoms with van der Waals surface area (Å²) in [5, 5.41) is 1.16. The average Bonchev–Trinajstić information content (AvgIpc) is 2.54. The molecule has 0 bridgehead atoms. The summed E-state index contributed by atoms with van der Waals surface area (Å²) in [7, 11) is 0. The van der Waals surface area contributed by atoms with Crippen LogP contribution in [0.4, 0.5) is 0 Å². The zero-order valence-corrected chi connectivity index (χ0v) is 10.2. The molecule has 1 aromatic carbocycles. The maximum atomic E-state index is 12.2. The number of aromatic amines is 1. The third-order valence-electron chi connectivity index (χ3n) is 3.57. The summed E-state index contributed by atoms with van der Waals surface area (Å²) in [4.78, 5) is 17.3. The van der Waals surface area contributed by atoms with Crippen LogP contribution in [0, 0.1) is 13.8 Å². The Morgan fingerprint density at radius 2 is 2.06 bits per heavy atom. The fourth-order valence-corrected chi connectivity index (χ4v) is 2.33. The van der Waals surface area contributed by atoms with Crippen LogP contribution in [0.1, 0.15) is 28.0 Å². The monoisotopic (exact) mass is 228 g/mol. The van der Waals surface area contributed by atoms with E-state index in [1.54, 1.807) is 0 Å². The Bertz CT molecular complexity index is 594. The largest absolute Gasteiger partial charge is 0.350 e. The maximum absolute atomic E-state index is 12.2. The molecular formula is C14H16N2O. The van der Waals surface area contributed by atoms with Crippen molar-refractivity contribution in [1.82, 2.24) is 9.88 Å². The molecule has 1 saturated heterocycles. The van der Waals surface area contributed by atoms with Gasteiger partial charge in [-0.15, -0.1) is 0 Å². The molecule has 1 aliphatic heterocycles. The average molecular weight is 228 g/mol. The molecule has 3 nitrogen and oxygen atoms in total. The second-order valence-electron chi connectivity index (χ2n) is 4.82. The lowest BCUT2D eigenvalue weighted by Crippen LogP contribution is -2.42. The van der Waals surface area contributed by atoms with Crippen LogP contribution in [0.15, 0.2) is 18.2 Å². The molecule has 0 spiro atoms. The number of likely N-dealkylation sites (tertiary alicyclic amines) is 1. The van der Waals surface area contributed by atoms with Crippen molar-refractivity contribution in [3.05, 3.63) is 35.0 Å². The zero-order chi connectivity index (χ0) is 12.0. The number of H-pyrrole nitrogens is 1. The molecule has 0 unspecified atom stereocenters. The summed E-state index contributed by atoms with van der Waals surface area (Å²) in [5.41, 5.74) is 4.10. The van der Waals surface area contributed by atoms with Crippen molar-refractivity contribution in [1.29, 1.82) is 0 Å². The van der Waals surface area contributed by atoms with Gasteiger partial charge in [0, 0.05) is 24.0 Å². The van der Waals surface area contributed by atoms with E-state index in [4.69, 9.17) is 0 Å². The molecule has 2 aromatic rings. The van der Waals surface area contributed by atoms with Crippen LogP contribution in [0.3, 0.4) is 0 Å². The maximum Gasteiger partial charge on any atom is 0.270 e. The molecule has 0 atom stereocenters. The molecule has 0 aliphatic carbocycles. The number of fused-ring (bicyclic) bond motifs is 1. The van der Waals surface area contributed by atoms with Gasteiger partial charge in [-0.25, -0.2) is 0 Å². The lowest BCUT2D eigenvalue weighted by Gasteiger charge is -2.30. The molecule has 3 heteroatoms. The van der Waals surface area contributed by atoms with Crippen molar-refractivity contribution in [3.8, 4) is 0 Å². The van der Waals surface area contributed by atoms with Crippen LogP contribution < -0.4 is 0 Å². The molecule has 1 aliphatic rings. The summed E-state index contributed by atoms with van der Waals surface area (Å²) >= 11 is 0. The number of nitrogens with zero attached hydrogens (tertiary/aromatic N) is 1. The Morgan fingerprint density at radius 1 is 1.29 bits per heavy atom. The standard InChI is InChI=1S/C14H16N2O/c1-9-4-5-12-11(8-9)10(2)13(15-12)14(17)16-6-3-7-16/h4-5,8,15H,3,6-7H2,1-2H3. The van der Waals surface area contributed by atoms with Gasteiger partial charge in [0.15, 0.2) is 0 Å². The van der Waals surface area contributed by atoms with E-state index in [1.165, 1.54) is 5.56 Å². The second-order valence-corrected chi connectivity index (χ2v) is 4.82. The first kappa shape index (κ1) is 10.4. The number of rotatable bonds is 1. The van der Waals surface area contributed by atoms with E-state index in [-0.39, 0.29) is 5.91 Å². The van der Waals surface area contributed by atoms with Gasteiger partial charge in [0.05, 0.1) is 0 Å². The lowest BCUT2D eigenvalue weighted by molar-refractivity contribution is 0.0646. The quantitative estimate of drug-likeness (QED) is 0.800. The van der Waals surface area contributed by atoms with Gasteiger partial charge >= 0.3 is 0 Å². The topological polar surface area (TPSA) is 36.1 Å². The molecule has 0 saturated carbocycles. The summed E-state index contributed by atoms with van der Waals surface area (Å²) in [6.07, 6.45) is 1.13. The number of aromatic nitrogens is 1. The van der Waals surface area contributed by atoms with Crippen molar-refractivity contribution >= 4 is 16.8 Å². The van der Waals surface area contributed by atoms with Crippen LogP contribution in [0.5, 0.6) is 0 Å². The highest BCUT2D eigenvalue weighted by molar-refractivity contribution is 6.01. The van der Waals surface area contributed by atoms with E-state index in [2.05, 4.69) is 24.0 Å². The Kier molecular flexibility index (Phi) is 2.21. The fourth-order valence-electron chi connectivity index (χ4n) is 2.33. The third-order valence-corrected chi connectivity index (χ3v) is 3.57. The first-order valence-electron chi connectivity index (χ1n) is 6.05. The summed E-state index contributed by atoms with van der Waals surface area (Å²) in [5.74, 6) is 0.141. The highest BCUT2D eigenvalue weighted by Crippen LogP contribution is 2.24. The summed E-state index contributed by atoms with van der Waals surface area (Å²) < 4.78 is 0. The number of hydrogen-bond acceptors (Lipinski definition) is 1. The fraction of sp³-hybridized carbons (Fsp3) is 0.357. The lowest BCUT2D eigenvalue weighted by atomic mass is 10.1. The predicted octanol–water partition coefficient (Wildman–Crippen LogP) is 2.63. The van der Waals surface area contributed by atoms with Crippen LogP contribution in [-0.2, 0) is 0 Å². The number of amides is 1. The number of carbonyl (C=O) groups is 1. The van der Waals surface area contributed by atoms with Crippen LogP contribution >= 0.6 is 0 Å². The van der Waals surface area contributed by atoms with Crippen molar-refractivity contribution in [2.45, 2.75) is 20.3 Å². The minimum Gasteiger partial charge on any atom is -0.350 e. The molecule has 17 heavy (non-hydrogen) atoms. The van der Waals surface area contributed by atoms with Gasteiger partial charge in [0.25, 0.3) is 5.91 Å². The van der Waals surface area contributed by atoms with E-state index >= 15 is 0 Å². The van der Waals surface area contributed by atoms with Crippen molar-refractivity contribution < 1.29 is 4.79 Å². The Balaban J connectivity index is 2.10. The zero-order valence-electron chi connectivity index (χ0n) is 10.2. The van der Waals surface area contributed by atoms with Gasteiger partial charge in [-0.2, -0.15) is 0 Å². The van der Waals surface area contributed by atoms with Gasteiger partial charge in [0.2, 0.25) is 0 Å². The van der Waals surface area contributed by atoms with Crippen molar-refractivity contribution in [2.24, 2.45) is 0 Å². The Labute approximate surface area is 100 Å². The summed E-state index contributed by atoms with van der Waals surface area (Å²) in [6, 6.07) is 6.24. The number of carbonyl (C=O) groups excluding carboxylic acids is 1. The summed E-state index contributed by atoms with van der Waals surface area (Å²) in [6.45, 7) is 5.88. The van der Waals surface area contributed by atoms with Gasteiger partial charge in [-0.05, 0) is 38.0 Å². The molecule has 1 amide bonds. The van der Waals surface area contributed by atoms with Crippen LogP contribution in [0.25, 0.3) is 10.9 Å². The molecule has 2 heterocycles. The predicted molar refractivity (Wildman–Crippen MR) is 68.3 cm³/mol. The first-order valence-corrected chi connectivity index (χ1v) is 6.05. The van der Waals surface area contributed by atoms with E-state index < -0.39 is 0 Å². The van der Waals surface area contributed by atoms with E-state index in [0.29, 0.717) is 0 Å². The van der Waals surface area contributed by atoms with Crippen molar-refractivity contribution in [2.75, 3.05) is 13.1 Å². The van der Waals surface area contributed by atoms with Gasteiger partial charge in [0.1, 0.15) is 5.69 Å². The molecule has 0 radical (unpaired) electrons. The Hall–Kier alpha value is -1.77. The molecule has 1 aromatic heterocycles. The van der Waals surface area contributed by atoms with Crippen molar-refractivity contribution in [3.63, 3.8) is 0 Å². The third kappa shape index (κ3) is 1.54.